The summed E-state index contributed by atoms with van der Waals surface area (Å²) in [5.41, 5.74) is 15.2. The van der Waals surface area contributed by atoms with Crippen molar-refractivity contribution in [2.75, 3.05) is 0 Å². The third kappa shape index (κ3) is 6.12. The molecule has 0 spiro atoms. The first-order valence-corrected chi connectivity index (χ1v) is 26.2. The van der Waals surface area contributed by atoms with Crippen LogP contribution in [0, 0.1) is 0 Å². The number of benzene rings is 10. The Hall–Kier alpha value is -10.3. The fourth-order valence-corrected chi connectivity index (χ4v) is 12.8. The van der Waals surface area contributed by atoms with Gasteiger partial charge in [0, 0.05) is 77.5 Å². The van der Waals surface area contributed by atoms with Gasteiger partial charge in [-0.3, -0.25) is 4.57 Å². The highest BCUT2D eigenvalue weighted by atomic mass is 16.5. The van der Waals surface area contributed by atoms with Crippen LogP contribution < -0.4 is 4.74 Å². The Morgan fingerprint density at radius 1 is 0.377 bits per heavy atom. The molecule has 17 rings (SSSR count). The van der Waals surface area contributed by atoms with Crippen molar-refractivity contribution in [1.29, 1.82) is 0 Å². The molecule has 0 amide bonds. The van der Waals surface area contributed by atoms with Crippen molar-refractivity contribution in [2.45, 2.75) is 12.0 Å². The lowest BCUT2D eigenvalue weighted by molar-refractivity contribution is 0.269. The first-order valence-electron chi connectivity index (χ1n) is 26.2. The average molecular weight is 987 g/mol. The molecular weight excluding hydrogens is 945 g/mol. The lowest BCUT2D eigenvalue weighted by Gasteiger charge is -2.17. The smallest absolute Gasteiger partial charge is 0.238 e. The van der Waals surface area contributed by atoms with Gasteiger partial charge in [-0.25, -0.2) is 4.98 Å². The Bertz CT molecular complexity index is 4980. The second kappa shape index (κ2) is 16.1. The van der Waals surface area contributed by atoms with E-state index in [1.54, 1.807) is 0 Å². The number of rotatable bonds is 6. The first-order chi connectivity index (χ1) is 38.2. The van der Waals surface area contributed by atoms with Gasteiger partial charge in [0.25, 0.3) is 0 Å². The summed E-state index contributed by atoms with van der Waals surface area (Å²) in [5, 5.41) is 8.86. The molecule has 2 aliphatic rings. The normalized spacial score (nSPS) is 15.0. The van der Waals surface area contributed by atoms with Gasteiger partial charge < -0.3 is 18.3 Å². The maximum atomic E-state index is 6.87. The lowest BCUT2D eigenvalue weighted by Crippen LogP contribution is -2.15. The Balaban J connectivity index is 0.921. The van der Waals surface area contributed by atoms with E-state index in [9.17, 15) is 0 Å². The highest BCUT2D eigenvalue weighted by Crippen LogP contribution is 2.50. The van der Waals surface area contributed by atoms with Crippen LogP contribution in [0.5, 0.6) is 5.75 Å². The minimum atomic E-state index is -0.101. The van der Waals surface area contributed by atoms with Crippen molar-refractivity contribution in [1.82, 2.24) is 28.7 Å². The summed E-state index contributed by atoms with van der Waals surface area (Å²) < 4.78 is 20.7. The highest BCUT2D eigenvalue weighted by Gasteiger charge is 2.36. The SMILES string of the molecule is C1=CC2Oc3cc(-n4c5ccccc5c5ccccc54)cc(-c4ccc5oc6cccc(-c7nc(-c8ccccc8)nc(-n8c9ccccc9c9ccc%10c%11ccccc%11n(-c%11ccccc%11)c%10c98)n7)c6c5c4)c3C2C=C1. The number of hydrogen-bond acceptors (Lipinski definition) is 5. The molecule has 10 aromatic carbocycles. The molecule has 6 heterocycles. The zero-order chi connectivity index (χ0) is 50.3. The second-order valence-corrected chi connectivity index (χ2v) is 20.2. The third-order valence-corrected chi connectivity index (χ3v) is 16.0. The number of hydrogen-bond donors (Lipinski definition) is 0. The number of aromatic nitrogens is 6. The molecule has 360 valence electrons. The van der Waals surface area contributed by atoms with E-state index >= 15 is 0 Å². The molecule has 2 unspecified atom stereocenters. The zero-order valence-corrected chi connectivity index (χ0v) is 41.2. The Morgan fingerprint density at radius 2 is 0.974 bits per heavy atom. The average Bonchev–Trinajstić information content (AvgIpc) is 4.48. The van der Waals surface area contributed by atoms with E-state index in [-0.39, 0.29) is 12.0 Å². The molecule has 0 saturated heterocycles. The second-order valence-electron chi connectivity index (χ2n) is 20.2. The molecule has 0 N–H and O–H groups in total. The van der Waals surface area contributed by atoms with Crippen molar-refractivity contribution in [3.05, 3.63) is 248 Å². The van der Waals surface area contributed by atoms with E-state index in [1.807, 2.05) is 30.3 Å². The summed E-state index contributed by atoms with van der Waals surface area (Å²) in [4.78, 5) is 16.4. The zero-order valence-electron chi connectivity index (χ0n) is 41.2. The predicted octanol–water partition coefficient (Wildman–Crippen LogP) is 17.0. The maximum Gasteiger partial charge on any atom is 0.238 e. The minimum absolute atomic E-state index is 0.0561. The summed E-state index contributed by atoms with van der Waals surface area (Å²) in [7, 11) is 0. The van der Waals surface area contributed by atoms with E-state index in [1.165, 1.54) is 21.7 Å². The van der Waals surface area contributed by atoms with Crippen molar-refractivity contribution in [3.8, 4) is 57.0 Å². The van der Waals surface area contributed by atoms with Crippen molar-refractivity contribution in [2.24, 2.45) is 0 Å². The molecule has 15 aromatic rings. The molecule has 8 nitrogen and oxygen atoms in total. The van der Waals surface area contributed by atoms with Crippen LogP contribution in [0.2, 0.25) is 0 Å². The predicted molar refractivity (Wildman–Crippen MR) is 312 cm³/mol. The third-order valence-electron chi connectivity index (χ3n) is 16.0. The molecule has 8 heteroatoms. The highest BCUT2D eigenvalue weighted by molar-refractivity contribution is 6.24. The van der Waals surface area contributed by atoms with Crippen molar-refractivity contribution >= 4 is 87.4 Å². The van der Waals surface area contributed by atoms with Gasteiger partial charge in [0.1, 0.15) is 23.0 Å². The van der Waals surface area contributed by atoms with E-state index in [0.29, 0.717) is 17.6 Å². The van der Waals surface area contributed by atoms with Gasteiger partial charge in [-0.1, -0.05) is 170 Å². The van der Waals surface area contributed by atoms with E-state index in [4.69, 9.17) is 24.1 Å². The van der Waals surface area contributed by atoms with Crippen LogP contribution in [-0.2, 0) is 0 Å². The molecule has 0 radical (unpaired) electrons. The number of fused-ring (bicyclic) bond motifs is 16. The van der Waals surface area contributed by atoms with Gasteiger partial charge in [0.15, 0.2) is 11.6 Å². The van der Waals surface area contributed by atoms with Gasteiger partial charge in [-0.15, -0.1) is 0 Å². The number of para-hydroxylation sites is 5. The summed E-state index contributed by atoms with van der Waals surface area (Å²) in [5.74, 6) is 2.57. The van der Waals surface area contributed by atoms with Gasteiger partial charge in [-0.2, -0.15) is 9.97 Å². The van der Waals surface area contributed by atoms with Crippen LogP contribution in [0.4, 0.5) is 0 Å². The molecular formula is C69H42N6O2. The molecule has 0 fully saturated rings. The summed E-state index contributed by atoms with van der Waals surface area (Å²) >= 11 is 0. The van der Waals surface area contributed by atoms with Crippen LogP contribution in [-0.4, -0.2) is 34.8 Å². The van der Waals surface area contributed by atoms with Crippen LogP contribution in [0.15, 0.2) is 247 Å². The monoisotopic (exact) mass is 986 g/mol. The number of ether oxygens (including phenoxy) is 1. The van der Waals surface area contributed by atoms with E-state index in [2.05, 4.69) is 226 Å². The van der Waals surface area contributed by atoms with Crippen LogP contribution >= 0.6 is 0 Å². The van der Waals surface area contributed by atoms with Crippen LogP contribution in [0.1, 0.15) is 11.5 Å². The molecule has 77 heavy (non-hydrogen) atoms. The quantitative estimate of drug-likeness (QED) is 0.166. The Morgan fingerprint density at radius 3 is 1.69 bits per heavy atom. The molecule has 0 saturated carbocycles. The lowest BCUT2D eigenvalue weighted by atomic mass is 9.86. The Labute approximate surface area is 440 Å². The van der Waals surface area contributed by atoms with E-state index in [0.717, 1.165) is 111 Å². The summed E-state index contributed by atoms with van der Waals surface area (Å²) in [6, 6.07) is 77.3. The Kier molecular flexibility index (Phi) is 8.80. The van der Waals surface area contributed by atoms with Gasteiger partial charge >= 0.3 is 0 Å². The molecule has 5 aromatic heterocycles. The fraction of sp³-hybridized carbons (Fsp3) is 0.0290. The van der Waals surface area contributed by atoms with Gasteiger partial charge in [0.05, 0.1) is 38.8 Å². The number of furan rings is 1. The molecule has 2 atom stereocenters. The molecule has 0 bridgehead atoms. The fourth-order valence-electron chi connectivity index (χ4n) is 12.8. The minimum Gasteiger partial charge on any atom is -0.485 e. The molecule has 1 aliphatic carbocycles. The van der Waals surface area contributed by atoms with E-state index < -0.39 is 0 Å². The summed E-state index contributed by atoms with van der Waals surface area (Å²) in [6.07, 6.45) is 8.58. The first kappa shape index (κ1) is 42.1. The molecule has 1 aliphatic heterocycles. The maximum absolute atomic E-state index is 6.87. The standard InChI is InChI=1S/C69H42N6O2/c1-3-18-41(19-4-1)67-70-68(72-69(71-67)75-58-31-15-10-25-48(58)50-36-35-49-47-24-9-14-30-57(47)74(65(49)66(50)75)43-20-5-2-6-21-43)52-27-17-33-61-64(52)54-38-42(34-37-60(54)76-61)53-39-44(40-62-63(53)51-26-11-16-32-59(51)77-62)73-55-28-12-7-22-45(55)46-23-8-13-29-56(46)73/h1-40,51,59H. The van der Waals surface area contributed by atoms with Crippen molar-refractivity contribution < 1.29 is 9.15 Å². The van der Waals surface area contributed by atoms with Crippen LogP contribution in [0.3, 0.4) is 0 Å². The van der Waals surface area contributed by atoms with Crippen molar-refractivity contribution in [3.63, 3.8) is 0 Å². The van der Waals surface area contributed by atoms with Gasteiger partial charge in [-0.05, 0) is 77.9 Å². The van der Waals surface area contributed by atoms with Gasteiger partial charge in [0.2, 0.25) is 5.95 Å². The summed E-state index contributed by atoms with van der Waals surface area (Å²) in [6.45, 7) is 0. The number of nitrogens with zero attached hydrogens (tertiary/aromatic N) is 6. The number of allylic oxidation sites excluding steroid dienone is 2. The largest absolute Gasteiger partial charge is 0.485 e. The topological polar surface area (TPSA) is 75.8 Å². The van der Waals surface area contributed by atoms with Crippen LogP contribution in [0.25, 0.3) is 139 Å².